The predicted octanol–water partition coefficient (Wildman–Crippen LogP) is 2.82. The molecule has 0 spiro atoms. The number of H-pyrrole nitrogens is 1. The third-order valence-corrected chi connectivity index (χ3v) is 3.51. The van der Waals surface area contributed by atoms with Gasteiger partial charge in [0.15, 0.2) is 0 Å². The van der Waals surface area contributed by atoms with Crippen LogP contribution in [0.2, 0.25) is 0 Å². The molecule has 2 aromatic rings. The van der Waals surface area contributed by atoms with Crippen LogP contribution in [0.25, 0.3) is 10.9 Å². The van der Waals surface area contributed by atoms with E-state index in [-0.39, 0.29) is 0 Å². The fraction of sp³-hybridized carbons (Fsp3) is 0.429. The number of aromatic amines is 1. The van der Waals surface area contributed by atoms with Gasteiger partial charge in [0.05, 0.1) is 0 Å². The maximum absolute atomic E-state index is 3.58. The molecule has 0 radical (unpaired) electrons. The normalized spacial score (nSPS) is 16.1. The van der Waals surface area contributed by atoms with Crippen LogP contribution < -0.4 is 5.32 Å². The molecule has 2 heteroatoms. The van der Waals surface area contributed by atoms with Gasteiger partial charge in [0.25, 0.3) is 0 Å². The standard InChI is InChI=1S/C14H18N2/c1-9-6-10(2)14-11-4-3-5-15-8-13(11)16-12(14)7-9/h6-7,15-16H,3-5,8H2,1-2H3. The van der Waals surface area contributed by atoms with Crippen molar-refractivity contribution >= 4 is 10.9 Å². The van der Waals surface area contributed by atoms with Crippen molar-refractivity contribution < 1.29 is 0 Å². The van der Waals surface area contributed by atoms with Gasteiger partial charge in [-0.15, -0.1) is 0 Å². The molecule has 1 aliphatic heterocycles. The molecule has 1 aromatic heterocycles. The minimum Gasteiger partial charge on any atom is -0.357 e. The van der Waals surface area contributed by atoms with Crippen molar-refractivity contribution in [1.29, 1.82) is 0 Å². The van der Waals surface area contributed by atoms with Crippen LogP contribution in [0, 0.1) is 13.8 Å². The predicted molar refractivity (Wildman–Crippen MR) is 67.8 cm³/mol. The summed E-state index contributed by atoms with van der Waals surface area (Å²) in [6, 6.07) is 4.55. The minimum atomic E-state index is 0.989. The molecule has 84 valence electrons. The van der Waals surface area contributed by atoms with Gasteiger partial charge in [0.1, 0.15) is 0 Å². The second-order valence-corrected chi connectivity index (χ2v) is 4.87. The lowest BCUT2D eigenvalue weighted by molar-refractivity contribution is 0.675. The van der Waals surface area contributed by atoms with Crippen LogP contribution in [0.5, 0.6) is 0 Å². The zero-order chi connectivity index (χ0) is 11.1. The molecule has 0 aliphatic carbocycles. The molecule has 0 atom stereocenters. The Morgan fingerprint density at radius 1 is 1.19 bits per heavy atom. The Labute approximate surface area is 96.1 Å². The first-order valence-corrected chi connectivity index (χ1v) is 6.07. The SMILES string of the molecule is Cc1cc(C)c2c3c([nH]c2c1)CNCCC3. The van der Waals surface area contributed by atoms with Gasteiger partial charge in [0, 0.05) is 23.1 Å². The highest BCUT2D eigenvalue weighted by Crippen LogP contribution is 2.29. The van der Waals surface area contributed by atoms with Crippen molar-refractivity contribution in [2.45, 2.75) is 33.2 Å². The topological polar surface area (TPSA) is 27.8 Å². The van der Waals surface area contributed by atoms with Crippen molar-refractivity contribution in [3.63, 3.8) is 0 Å². The van der Waals surface area contributed by atoms with Crippen LogP contribution in [0.4, 0.5) is 0 Å². The lowest BCUT2D eigenvalue weighted by Crippen LogP contribution is -2.12. The van der Waals surface area contributed by atoms with Crippen molar-refractivity contribution in [2.75, 3.05) is 6.54 Å². The lowest BCUT2D eigenvalue weighted by atomic mass is 10.0. The molecular formula is C14H18N2. The van der Waals surface area contributed by atoms with E-state index >= 15 is 0 Å². The van der Waals surface area contributed by atoms with E-state index in [1.165, 1.54) is 46.1 Å². The van der Waals surface area contributed by atoms with Crippen molar-refractivity contribution in [2.24, 2.45) is 0 Å². The van der Waals surface area contributed by atoms with Gasteiger partial charge in [-0.3, -0.25) is 0 Å². The van der Waals surface area contributed by atoms with Crippen molar-refractivity contribution in [3.8, 4) is 0 Å². The number of benzene rings is 1. The van der Waals surface area contributed by atoms with Gasteiger partial charge in [0.2, 0.25) is 0 Å². The number of aryl methyl sites for hydroxylation is 3. The summed E-state index contributed by atoms with van der Waals surface area (Å²) >= 11 is 0. The third kappa shape index (κ3) is 1.45. The Morgan fingerprint density at radius 2 is 2.06 bits per heavy atom. The summed E-state index contributed by atoms with van der Waals surface area (Å²) < 4.78 is 0. The fourth-order valence-electron chi connectivity index (χ4n) is 2.89. The number of hydrogen-bond donors (Lipinski definition) is 2. The van der Waals surface area contributed by atoms with Crippen molar-refractivity contribution in [3.05, 3.63) is 34.5 Å². The summed E-state index contributed by atoms with van der Waals surface area (Å²) in [5.41, 5.74) is 6.99. The molecular weight excluding hydrogens is 196 g/mol. The van der Waals surface area contributed by atoms with E-state index in [2.05, 4.69) is 36.3 Å². The van der Waals surface area contributed by atoms with Crippen LogP contribution in [0.3, 0.4) is 0 Å². The molecule has 2 nitrogen and oxygen atoms in total. The smallest absolute Gasteiger partial charge is 0.0464 e. The van der Waals surface area contributed by atoms with Crippen LogP contribution >= 0.6 is 0 Å². The average Bonchev–Trinajstić information content (AvgIpc) is 2.42. The van der Waals surface area contributed by atoms with Crippen LogP contribution in [-0.4, -0.2) is 11.5 Å². The van der Waals surface area contributed by atoms with Crippen LogP contribution in [-0.2, 0) is 13.0 Å². The summed E-state index contributed by atoms with van der Waals surface area (Å²) in [5, 5.41) is 4.93. The largest absolute Gasteiger partial charge is 0.357 e. The van der Waals surface area contributed by atoms with E-state index in [0.717, 1.165) is 13.1 Å². The Bertz CT molecular complexity index is 537. The van der Waals surface area contributed by atoms with Crippen molar-refractivity contribution in [1.82, 2.24) is 10.3 Å². The average molecular weight is 214 g/mol. The van der Waals surface area contributed by atoms with Gasteiger partial charge in [-0.25, -0.2) is 0 Å². The van der Waals surface area contributed by atoms with Gasteiger partial charge in [-0.2, -0.15) is 0 Å². The maximum atomic E-state index is 3.58. The minimum absolute atomic E-state index is 0.989. The third-order valence-electron chi connectivity index (χ3n) is 3.51. The molecule has 0 fully saturated rings. The molecule has 16 heavy (non-hydrogen) atoms. The van der Waals surface area contributed by atoms with Crippen LogP contribution in [0.1, 0.15) is 28.8 Å². The van der Waals surface area contributed by atoms with Gasteiger partial charge >= 0.3 is 0 Å². The second-order valence-electron chi connectivity index (χ2n) is 4.87. The fourth-order valence-corrected chi connectivity index (χ4v) is 2.89. The Morgan fingerprint density at radius 3 is 2.94 bits per heavy atom. The number of nitrogens with one attached hydrogen (secondary N) is 2. The van der Waals surface area contributed by atoms with Gasteiger partial charge in [-0.05, 0) is 56.0 Å². The van der Waals surface area contributed by atoms with E-state index < -0.39 is 0 Å². The van der Waals surface area contributed by atoms with E-state index in [1.54, 1.807) is 0 Å². The van der Waals surface area contributed by atoms with Gasteiger partial charge < -0.3 is 10.3 Å². The lowest BCUT2D eigenvalue weighted by Gasteiger charge is -2.02. The summed E-state index contributed by atoms with van der Waals surface area (Å²) in [5.74, 6) is 0. The molecule has 3 rings (SSSR count). The second kappa shape index (κ2) is 3.63. The molecule has 2 N–H and O–H groups in total. The molecule has 1 aromatic carbocycles. The first-order valence-electron chi connectivity index (χ1n) is 6.07. The molecule has 0 bridgehead atoms. The van der Waals surface area contributed by atoms with Crippen LogP contribution in [0.15, 0.2) is 12.1 Å². The summed E-state index contributed by atoms with van der Waals surface area (Å²) in [6.45, 7) is 6.51. The first kappa shape index (κ1) is 9.91. The highest BCUT2D eigenvalue weighted by Gasteiger charge is 2.15. The molecule has 0 amide bonds. The summed E-state index contributed by atoms with van der Waals surface area (Å²) in [4.78, 5) is 3.58. The number of aromatic nitrogens is 1. The summed E-state index contributed by atoms with van der Waals surface area (Å²) in [6.07, 6.45) is 2.44. The molecule has 0 unspecified atom stereocenters. The number of hydrogen-bond acceptors (Lipinski definition) is 1. The highest BCUT2D eigenvalue weighted by atomic mass is 14.9. The zero-order valence-corrected chi connectivity index (χ0v) is 9.98. The number of fused-ring (bicyclic) bond motifs is 3. The summed E-state index contributed by atoms with van der Waals surface area (Å²) in [7, 11) is 0. The molecule has 1 aliphatic rings. The van der Waals surface area contributed by atoms with E-state index in [4.69, 9.17) is 0 Å². The molecule has 2 heterocycles. The molecule has 0 saturated heterocycles. The Balaban J connectivity index is 2.29. The first-order chi connectivity index (χ1) is 7.75. The van der Waals surface area contributed by atoms with E-state index in [0.29, 0.717) is 0 Å². The highest BCUT2D eigenvalue weighted by molar-refractivity contribution is 5.88. The number of rotatable bonds is 0. The monoisotopic (exact) mass is 214 g/mol. The van der Waals surface area contributed by atoms with Gasteiger partial charge in [-0.1, -0.05) is 6.07 Å². The zero-order valence-electron chi connectivity index (χ0n) is 9.98. The Hall–Kier alpha value is -1.28. The maximum Gasteiger partial charge on any atom is 0.0464 e. The quantitative estimate of drug-likeness (QED) is 0.693. The Kier molecular flexibility index (Phi) is 2.25. The molecule has 0 saturated carbocycles. The van der Waals surface area contributed by atoms with E-state index in [9.17, 15) is 0 Å². The van der Waals surface area contributed by atoms with E-state index in [1.807, 2.05) is 0 Å².